The van der Waals surface area contributed by atoms with Crippen LogP contribution in [0.1, 0.15) is 32.6 Å². The number of hydrogen-bond donors (Lipinski definition) is 0. The van der Waals surface area contributed by atoms with Crippen LogP contribution in [0.2, 0.25) is 0 Å². The van der Waals surface area contributed by atoms with Crippen molar-refractivity contribution in [3.05, 3.63) is 0 Å². The van der Waals surface area contributed by atoms with Gasteiger partial charge in [-0.05, 0) is 25.2 Å². The van der Waals surface area contributed by atoms with E-state index in [0.29, 0.717) is 12.8 Å². The van der Waals surface area contributed by atoms with Gasteiger partial charge in [-0.25, -0.2) is 8.42 Å². The standard InChI is InChI=1S/C12H20O6S/c1-9(6-10(13)17-2)19(15,16)8-12(4-5-12)7-11(14)18-3/h9H,4-8H2,1-3H3. The van der Waals surface area contributed by atoms with Crippen molar-refractivity contribution in [1.82, 2.24) is 0 Å². The molecule has 1 fully saturated rings. The van der Waals surface area contributed by atoms with Crippen molar-refractivity contribution in [3.63, 3.8) is 0 Å². The number of hydrogen-bond acceptors (Lipinski definition) is 6. The molecule has 0 aromatic rings. The highest BCUT2D eigenvalue weighted by atomic mass is 32.2. The Morgan fingerprint density at radius 1 is 1.16 bits per heavy atom. The van der Waals surface area contributed by atoms with Crippen LogP contribution in [-0.4, -0.2) is 45.6 Å². The van der Waals surface area contributed by atoms with Gasteiger partial charge in [-0.15, -0.1) is 0 Å². The lowest BCUT2D eigenvalue weighted by Gasteiger charge is -2.17. The molecule has 0 bridgehead atoms. The molecule has 6 nitrogen and oxygen atoms in total. The monoisotopic (exact) mass is 292 g/mol. The van der Waals surface area contributed by atoms with Gasteiger partial charge in [-0.2, -0.15) is 0 Å². The maximum atomic E-state index is 12.1. The van der Waals surface area contributed by atoms with Gasteiger partial charge in [0.2, 0.25) is 0 Å². The number of carbonyl (C=O) groups is 2. The van der Waals surface area contributed by atoms with Crippen molar-refractivity contribution in [2.45, 2.75) is 37.9 Å². The summed E-state index contributed by atoms with van der Waals surface area (Å²) in [5, 5.41) is -0.796. The second-order valence-electron chi connectivity index (χ2n) is 5.15. The van der Waals surface area contributed by atoms with Crippen LogP contribution in [0, 0.1) is 5.41 Å². The smallest absolute Gasteiger partial charge is 0.306 e. The van der Waals surface area contributed by atoms with Crippen LogP contribution in [0.4, 0.5) is 0 Å². The summed E-state index contributed by atoms with van der Waals surface area (Å²) in [4.78, 5) is 22.4. The maximum absolute atomic E-state index is 12.1. The van der Waals surface area contributed by atoms with E-state index in [1.165, 1.54) is 21.1 Å². The van der Waals surface area contributed by atoms with Gasteiger partial charge in [0.25, 0.3) is 0 Å². The molecule has 0 spiro atoms. The van der Waals surface area contributed by atoms with Crippen LogP contribution in [0.25, 0.3) is 0 Å². The molecule has 1 atom stereocenters. The fourth-order valence-electron chi connectivity index (χ4n) is 1.94. The van der Waals surface area contributed by atoms with E-state index in [0.717, 1.165) is 0 Å². The lowest BCUT2D eigenvalue weighted by Crippen LogP contribution is -2.30. The molecule has 7 heteroatoms. The minimum absolute atomic E-state index is 0.0761. The number of sulfone groups is 1. The summed E-state index contributed by atoms with van der Waals surface area (Å²) < 4.78 is 33.3. The Balaban J connectivity index is 2.64. The molecule has 1 aliphatic carbocycles. The summed E-state index contributed by atoms with van der Waals surface area (Å²) in [5.74, 6) is -1.02. The van der Waals surface area contributed by atoms with Crippen LogP contribution >= 0.6 is 0 Å². The molecule has 0 N–H and O–H groups in total. The second-order valence-corrected chi connectivity index (χ2v) is 7.57. The van der Waals surface area contributed by atoms with Gasteiger partial charge < -0.3 is 9.47 Å². The second kappa shape index (κ2) is 5.90. The topological polar surface area (TPSA) is 86.7 Å². The molecular formula is C12H20O6S. The highest BCUT2D eigenvalue weighted by Crippen LogP contribution is 2.50. The van der Waals surface area contributed by atoms with Gasteiger partial charge in [-0.3, -0.25) is 9.59 Å². The molecule has 0 radical (unpaired) electrons. The number of rotatable bonds is 7. The molecule has 1 rings (SSSR count). The van der Waals surface area contributed by atoms with Crippen molar-refractivity contribution < 1.29 is 27.5 Å². The maximum Gasteiger partial charge on any atom is 0.306 e. The van der Waals surface area contributed by atoms with Crippen molar-refractivity contribution in [3.8, 4) is 0 Å². The van der Waals surface area contributed by atoms with Gasteiger partial charge in [0.05, 0.1) is 38.1 Å². The summed E-state index contributed by atoms with van der Waals surface area (Å²) in [7, 11) is -0.915. The molecule has 1 saturated carbocycles. The molecule has 19 heavy (non-hydrogen) atoms. The molecule has 0 aliphatic heterocycles. The van der Waals surface area contributed by atoms with Crippen LogP contribution in [0.5, 0.6) is 0 Å². The molecule has 0 heterocycles. The third kappa shape index (κ3) is 4.49. The number of ether oxygens (including phenoxy) is 2. The Morgan fingerprint density at radius 3 is 2.11 bits per heavy atom. The SMILES string of the molecule is COC(=O)CC(C)S(=O)(=O)CC1(CC(=O)OC)CC1. The quantitative estimate of drug-likeness (QED) is 0.642. The van der Waals surface area contributed by atoms with Gasteiger partial charge in [0.1, 0.15) is 0 Å². The normalized spacial score (nSPS) is 18.5. The zero-order chi connectivity index (χ0) is 14.7. The van der Waals surface area contributed by atoms with Crippen molar-refractivity contribution in [2.75, 3.05) is 20.0 Å². The number of methoxy groups -OCH3 is 2. The van der Waals surface area contributed by atoms with E-state index in [9.17, 15) is 18.0 Å². The average Bonchev–Trinajstić information content (AvgIpc) is 3.07. The van der Waals surface area contributed by atoms with Gasteiger partial charge >= 0.3 is 11.9 Å². The Labute approximate surface area is 113 Å². The van der Waals surface area contributed by atoms with Crippen LogP contribution in [0.3, 0.4) is 0 Å². The molecule has 0 amide bonds. The molecule has 0 aromatic carbocycles. The first-order chi connectivity index (χ1) is 8.74. The first kappa shape index (κ1) is 15.9. The largest absolute Gasteiger partial charge is 0.469 e. The van der Waals surface area contributed by atoms with Crippen LogP contribution < -0.4 is 0 Å². The average molecular weight is 292 g/mol. The van der Waals surface area contributed by atoms with E-state index in [1.807, 2.05) is 0 Å². The van der Waals surface area contributed by atoms with E-state index in [1.54, 1.807) is 0 Å². The predicted octanol–water partition coefficient (Wildman–Crippen LogP) is 0.696. The van der Waals surface area contributed by atoms with Crippen molar-refractivity contribution >= 4 is 21.8 Å². The zero-order valence-corrected chi connectivity index (χ0v) is 12.3. The Bertz CT molecular complexity index is 449. The summed E-state index contributed by atoms with van der Waals surface area (Å²) in [6.07, 6.45) is 1.36. The fraction of sp³-hybridized carbons (Fsp3) is 0.833. The Morgan fingerprint density at radius 2 is 1.68 bits per heavy atom. The van der Waals surface area contributed by atoms with Crippen molar-refractivity contribution in [1.29, 1.82) is 0 Å². The molecule has 110 valence electrons. The molecule has 1 aliphatic rings. The number of carbonyl (C=O) groups excluding carboxylic acids is 2. The summed E-state index contributed by atoms with van der Waals surface area (Å²) in [6.45, 7) is 1.49. The Kier molecular flexibility index (Phi) is 4.95. The molecule has 0 aromatic heterocycles. The fourth-order valence-corrected chi connectivity index (χ4v) is 3.86. The minimum Gasteiger partial charge on any atom is -0.469 e. The van der Waals surface area contributed by atoms with Crippen molar-refractivity contribution in [2.24, 2.45) is 5.41 Å². The highest BCUT2D eigenvalue weighted by molar-refractivity contribution is 7.92. The Hall–Kier alpha value is -1.11. The number of esters is 2. The van der Waals surface area contributed by atoms with E-state index in [2.05, 4.69) is 9.47 Å². The summed E-state index contributed by atoms with van der Waals surface area (Å²) >= 11 is 0. The first-order valence-electron chi connectivity index (χ1n) is 6.10. The highest BCUT2D eigenvalue weighted by Gasteiger charge is 2.48. The van der Waals surface area contributed by atoms with E-state index in [-0.39, 0.29) is 18.6 Å². The predicted molar refractivity (Wildman–Crippen MR) is 68.2 cm³/mol. The van der Waals surface area contributed by atoms with Gasteiger partial charge in [0.15, 0.2) is 9.84 Å². The lowest BCUT2D eigenvalue weighted by atomic mass is 10.1. The summed E-state index contributed by atoms with van der Waals surface area (Å²) in [6, 6.07) is 0. The van der Waals surface area contributed by atoms with Gasteiger partial charge in [0, 0.05) is 0 Å². The zero-order valence-electron chi connectivity index (χ0n) is 11.5. The van der Waals surface area contributed by atoms with Crippen LogP contribution in [0.15, 0.2) is 0 Å². The van der Waals surface area contributed by atoms with Gasteiger partial charge in [-0.1, -0.05) is 0 Å². The minimum atomic E-state index is -3.42. The first-order valence-corrected chi connectivity index (χ1v) is 7.81. The molecular weight excluding hydrogens is 272 g/mol. The van der Waals surface area contributed by atoms with E-state index >= 15 is 0 Å². The van der Waals surface area contributed by atoms with Crippen LogP contribution in [-0.2, 0) is 28.9 Å². The molecule has 0 saturated heterocycles. The molecule has 1 unspecified atom stereocenters. The lowest BCUT2D eigenvalue weighted by molar-refractivity contribution is -0.142. The third-order valence-electron chi connectivity index (χ3n) is 3.51. The van der Waals surface area contributed by atoms with E-state index < -0.39 is 32.4 Å². The third-order valence-corrected chi connectivity index (χ3v) is 5.91. The van der Waals surface area contributed by atoms with E-state index in [4.69, 9.17) is 0 Å². The summed E-state index contributed by atoms with van der Waals surface area (Å²) in [5.41, 5.74) is -0.490.